The molecule has 0 spiro atoms. The van der Waals surface area contributed by atoms with E-state index in [9.17, 15) is 9.90 Å². The molecule has 0 saturated carbocycles. The van der Waals surface area contributed by atoms with Gasteiger partial charge in [-0.2, -0.15) is 0 Å². The topological polar surface area (TPSA) is 40.5 Å². The van der Waals surface area contributed by atoms with Crippen molar-refractivity contribution < 1.29 is 9.90 Å². The number of carboxylic acids is 1. The number of nitrogens with zero attached hydrogens (tertiary/aromatic N) is 1. The van der Waals surface area contributed by atoms with Crippen LogP contribution in [0.4, 0.5) is 0 Å². The van der Waals surface area contributed by atoms with Crippen LogP contribution < -0.4 is 0 Å². The zero-order valence-corrected chi connectivity index (χ0v) is 10.8. The molecule has 1 aliphatic heterocycles. The number of aliphatic carboxylic acids is 1. The quantitative estimate of drug-likeness (QED) is 0.785. The largest absolute Gasteiger partial charge is 0.481 e. The van der Waals surface area contributed by atoms with Crippen molar-refractivity contribution >= 4 is 5.97 Å². The Hall–Kier alpha value is -0.570. The van der Waals surface area contributed by atoms with E-state index < -0.39 is 11.4 Å². The molecule has 1 N–H and O–H groups in total. The van der Waals surface area contributed by atoms with Crippen molar-refractivity contribution in [3.8, 4) is 0 Å². The lowest BCUT2D eigenvalue weighted by atomic mass is 9.82. The molecule has 0 amide bonds. The molecule has 1 aliphatic rings. The highest BCUT2D eigenvalue weighted by molar-refractivity contribution is 5.74. The third-order valence-electron chi connectivity index (χ3n) is 3.55. The molecule has 0 aromatic heterocycles. The Morgan fingerprint density at radius 1 is 1.50 bits per heavy atom. The Kier molecular flexibility index (Phi) is 4.78. The maximum Gasteiger partial charge on any atom is 0.310 e. The summed E-state index contributed by atoms with van der Waals surface area (Å²) in [6, 6.07) is 0. The molecule has 0 radical (unpaired) electrons. The monoisotopic (exact) mass is 227 g/mol. The predicted molar refractivity (Wildman–Crippen MR) is 65.5 cm³/mol. The Bertz CT molecular complexity index is 240. The summed E-state index contributed by atoms with van der Waals surface area (Å²) in [6.45, 7) is 9.20. The molecule has 1 rings (SSSR count). The van der Waals surface area contributed by atoms with Crippen LogP contribution >= 0.6 is 0 Å². The van der Waals surface area contributed by atoms with Gasteiger partial charge in [0.25, 0.3) is 0 Å². The minimum Gasteiger partial charge on any atom is -0.481 e. The highest BCUT2D eigenvalue weighted by Gasteiger charge is 2.37. The summed E-state index contributed by atoms with van der Waals surface area (Å²) in [6.07, 6.45) is 4.27. The molecule has 1 saturated heterocycles. The molecular formula is C13H25NO2. The van der Waals surface area contributed by atoms with Crippen molar-refractivity contribution in [3.63, 3.8) is 0 Å². The first kappa shape index (κ1) is 13.5. The standard InChI is InChI=1S/C13H25NO2/c1-11(2)6-4-8-14-9-5-7-13(3,10-14)12(15)16/h11H,4-10H2,1-3H3,(H,15,16). The predicted octanol–water partition coefficient (Wildman–Crippen LogP) is 2.61. The molecule has 0 aliphatic carbocycles. The molecule has 1 fully saturated rings. The highest BCUT2D eigenvalue weighted by Crippen LogP contribution is 2.29. The van der Waals surface area contributed by atoms with Gasteiger partial charge < -0.3 is 10.0 Å². The van der Waals surface area contributed by atoms with Crippen LogP contribution in [0.2, 0.25) is 0 Å². The van der Waals surface area contributed by atoms with Gasteiger partial charge >= 0.3 is 5.97 Å². The second-order valence-electron chi connectivity index (χ2n) is 5.78. The van der Waals surface area contributed by atoms with E-state index in [0.29, 0.717) is 0 Å². The van der Waals surface area contributed by atoms with Gasteiger partial charge in [-0.05, 0) is 51.6 Å². The van der Waals surface area contributed by atoms with Gasteiger partial charge in [-0.3, -0.25) is 4.79 Å². The zero-order chi connectivity index (χ0) is 12.2. The average molecular weight is 227 g/mol. The lowest BCUT2D eigenvalue weighted by Gasteiger charge is -2.37. The van der Waals surface area contributed by atoms with Crippen LogP contribution in [-0.4, -0.2) is 35.6 Å². The first-order valence-electron chi connectivity index (χ1n) is 6.40. The molecule has 0 aromatic carbocycles. The van der Waals surface area contributed by atoms with Crippen LogP contribution in [0.15, 0.2) is 0 Å². The first-order valence-corrected chi connectivity index (χ1v) is 6.40. The van der Waals surface area contributed by atoms with Crippen LogP contribution in [0.1, 0.15) is 46.5 Å². The molecule has 16 heavy (non-hydrogen) atoms. The SMILES string of the molecule is CC(C)CCCN1CCCC(C)(C(=O)O)C1. The van der Waals surface area contributed by atoms with Crippen molar-refractivity contribution in [1.29, 1.82) is 0 Å². The van der Waals surface area contributed by atoms with E-state index in [1.165, 1.54) is 12.8 Å². The molecule has 3 heteroatoms. The third kappa shape index (κ3) is 3.78. The van der Waals surface area contributed by atoms with Gasteiger partial charge in [0.05, 0.1) is 5.41 Å². The molecule has 1 unspecified atom stereocenters. The van der Waals surface area contributed by atoms with Gasteiger partial charge in [-0.1, -0.05) is 13.8 Å². The summed E-state index contributed by atoms with van der Waals surface area (Å²) in [7, 11) is 0. The first-order chi connectivity index (χ1) is 7.44. The summed E-state index contributed by atoms with van der Waals surface area (Å²) in [5, 5.41) is 9.20. The van der Waals surface area contributed by atoms with E-state index in [1.807, 2.05) is 6.92 Å². The number of likely N-dealkylation sites (tertiary alicyclic amines) is 1. The minimum absolute atomic E-state index is 0.518. The van der Waals surface area contributed by atoms with Crippen LogP contribution in [0.5, 0.6) is 0 Å². The summed E-state index contributed by atoms with van der Waals surface area (Å²) in [4.78, 5) is 13.5. The van der Waals surface area contributed by atoms with Crippen LogP contribution in [0.3, 0.4) is 0 Å². The number of carboxylic acid groups (broad SMARTS) is 1. The van der Waals surface area contributed by atoms with Crippen molar-refractivity contribution in [2.24, 2.45) is 11.3 Å². The average Bonchev–Trinajstić information content (AvgIpc) is 2.17. The number of rotatable bonds is 5. The zero-order valence-electron chi connectivity index (χ0n) is 10.8. The summed E-state index contributed by atoms with van der Waals surface area (Å²) in [5.41, 5.74) is -0.518. The fourth-order valence-electron chi connectivity index (χ4n) is 2.43. The second-order valence-corrected chi connectivity index (χ2v) is 5.78. The van der Waals surface area contributed by atoms with Gasteiger partial charge in [-0.15, -0.1) is 0 Å². The summed E-state index contributed by atoms with van der Waals surface area (Å²) < 4.78 is 0. The van der Waals surface area contributed by atoms with Crippen LogP contribution in [-0.2, 0) is 4.79 Å². The summed E-state index contributed by atoms with van der Waals surface area (Å²) in [5.74, 6) is 0.108. The smallest absolute Gasteiger partial charge is 0.310 e. The Labute approximate surface area is 98.8 Å². The second kappa shape index (κ2) is 5.67. The highest BCUT2D eigenvalue weighted by atomic mass is 16.4. The van der Waals surface area contributed by atoms with Gasteiger partial charge in [0.15, 0.2) is 0 Å². The fraction of sp³-hybridized carbons (Fsp3) is 0.923. The number of piperidine rings is 1. The molecule has 1 atom stereocenters. The lowest BCUT2D eigenvalue weighted by Crippen LogP contribution is -2.46. The lowest BCUT2D eigenvalue weighted by molar-refractivity contribution is -0.151. The minimum atomic E-state index is -0.638. The number of carbonyl (C=O) groups is 1. The van der Waals surface area contributed by atoms with Crippen LogP contribution in [0, 0.1) is 11.3 Å². The molecule has 1 heterocycles. The molecule has 94 valence electrons. The van der Waals surface area contributed by atoms with E-state index in [-0.39, 0.29) is 0 Å². The maximum absolute atomic E-state index is 11.2. The Morgan fingerprint density at radius 2 is 2.19 bits per heavy atom. The van der Waals surface area contributed by atoms with Gasteiger partial charge in [-0.25, -0.2) is 0 Å². The summed E-state index contributed by atoms with van der Waals surface area (Å²) >= 11 is 0. The fourth-order valence-corrected chi connectivity index (χ4v) is 2.43. The van der Waals surface area contributed by atoms with Gasteiger partial charge in [0.2, 0.25) is 0 Å². The molecule has 3 nitrogen and oxygen atoms in total. The van der Waals surface area contributed by atoms with Crippen LogP contribution in [0.25, 0.3) is 0 Å². The van der Waals surface area contributed by atoms with E-state index in [4.69, 9.17) is 0 Å². The van der Waals surface area contributed by atoms with Crippen molar-refractivity contribution in [2.45, 2.75) is 46.5 Å². The van der Waals surface area contributed by atoms with Gasteiger partial charge in [0.1, 0.15) is 0 Å². The normalized spacial score (nSPS) is 27.2. The Balaban J connectivity index is 2.36. The van der Waals surface area contributed by atoms with Crippen molar-refractivity contribution in [1.82, 2.24) is 4.90 Å². The maximum atomic E-state index is 11.2. The third-order valence-corrected chi connectivity index (χ3v) is 3.55. The van der Waals surface area contributed by atoms with E-state index >= 15 is 0 Å². The van der Waals surface area contributed by atoms with Gasteiger partial charge in [0, 0.05) is 6.54 Å². The molecule has 0 bridgehead atoms. The Morgan fingerprint density at radius 3 is 2.75 bits per heavy atom. The van der Waals surface area contributed by atoms with E-state index in [1.54, 1.807) is 0 Å². The molecule has 0 aromatic rings. The molecular weight excluding hydrogens is 202 g/mol. The van der Waals surface area contributed by atoms with E-state index in [0.717, 1.165) is 38.4 Å². The number of hydrogen-bond acceptors (Lipinski definition) is 2. The number of hydrogen-bond donors (Lipinski definition) is 1. The van der Waals surface area contributed by atoms with Crippen molar-refractivity contribution in [3.05, 3.63) is 0 Å². The van der Waals surface area contributed by atoms with E-state index in [2.05, 4.69) is 18.7 Å². The van der Waals surface area contributed by atoms with Crippen molar-refractivity contribution in [2.75, 3.05) is 19.6 Å².